The molecule has 1 atom stereocenters. The zero-order valence-electron chi connectivity index (χ0n) is 17.8. The molecule has 33 heavy (non-hydrogen) atoms. The molecule has 2 aliphatic rings. The summed E-state index contributed by atoms with van der Waals surface area (Å²) in [6.45, 7) is 1.18. The molecule has 0 aliphatic carbocycles. The van der Waals surface area contributed by atoms with Crippen LogP contribution >= 0.6 is 11.6 Å². The highest BCUT2D eigenvalue weighted by Crippen LogP contribution is 2.33. The SMILES string of the molecule is O=C(NC1CCOc2ccccc21)c1cc(S(=O)(=O)N2CCc3ccccc3C2)ccc1Cl. The minimum absolute atomic E-state index is 0.0591. The van der Waals surface area contributed by atoms with Crippen molar-refractivity contribution in [3.63, 3.8) is 0 Å². The van der Waals surface area contributed by atoms with Gasteiger partial charge in [-0.3, -0.25) is 4.79 Å². The third kappa shape index (κ3) is 4.24. The molecule has 8 heteroatoms. The second kappa shape index (κ2) is 8.82. The van der Waals surface area contributed by atoms with Gasteiger partial charge in [0.1, 0.15) is 5.75 Å². The lowest BCUT2D eigenvalue weighted by Gasteiger charge is -2.28. The van der Waals surface area contributed by atoms with Crippen molar-refractivity contribution in [3.8, 4) is 5.75 Å². The number of carbonyl (C=O) groups excluding carboxylic acids is 1. The molecule has 170 valence electrons. The minimum Gasteiger partial charge on any atom is -0.493 e. The van der Waals surface area contributed by atoms with E-state index in [-0.39, 0.29) is 21.5 Å². The Kier molecular flexibility index (Phi) is 5.86. The van der Waals surface area contributed by atoms with Crippen LogP contribution in [0.15, 0.2) is 71.6 Å². The van der Waals surface area contributed by atoms with Crippen LogP contribution in [0.2, 0.25) is 5.02 Å². The van der Waals surface area contributed by atoms with E-state index in [1.165, 1.54) is 22.5 Å². The molecule has 1 unspecified atom stereocenters. The Morgan fingerprint density at radius 2 is 1.79 bits per heavy atom. The lowest BCUT2D eigenvalue weighted by atomic mass is 10.00. The molecule has 0 radical (unpaired) electrons. The number of benzene rings is 3. The third-order valence-electron chi connectivity index (χ3n) is 6.18. The summed E-state index contributed by atoms with van der Waals surface area (Å²) in [5, 5.41) is 3.20. The summed E-state index contributed by atoms with van der Waals surface area (Å²) in [6, 6.07) is 19.5. The van der Waals surface area contributed by atoms with Crippen LogP contribution in [0.4, 0.5) is 0 Å². The maximum Gasteiger partial charge on any atom is 0.253 e. The Hall–Kier alpha value is -2.87. The maximum absolute atomic E-state index is 13.4. The molecule has 2 heterocycles. The number of hydrogen-bond donors (Lipinski definition) is 1. The minimum atomic E-state index is -3.78. The fraction of sp³-hybridized carbons (Fsp3) is 0.240. The molecule has 0 saturated carbocycles. The normalized spacial score (nSPS) is 18.0. The number of para-hydroxylation sites is 1. The average Bonchev–Trinajstić information content (AvgIpc) is 2.84. The molecule has 1 N–H and O–H groups in total. The van der Waals surface area contributed by atoms with Crippen molar-refractivity contribution >= 4 is 27.5 Å². The van der Waals surface area contributed by atoms with Crippen molar-refractivity contribution in [2.24, 2.45) is 0 Å². The van der Waals surface area contributed by atoms with E-state index in [2.05, 4.69) is 5.32 Å². The molecule has 0 spiro atoms. The van der Waals surface area contributed by atoms with Gasteiger partial charge >= 0.3 is 0 Å². The first kappa shape index (κ1) is 21.9. The molecule has 1 amide bonds. The van der Waals surface area contributed by atoms with Crippen LogP contribution in [-0.4, -0.2) is 31.8 Å². The van der Waals surface area contributed by atoms with Gasteiger partial charge in [-0.1, -0.05) is 54.1 Å². The predicted octanol–water partition coefficient (Wildman–Crippen LogP) is 4.34. The topological polar surface area (TPSA) is 75.7 Å². The summed E-state index contributed by atoms with van der Waals surface area (Å²) in [6.07, 6.45) is 1.27. The van der Waals surface area contributed by atoms with Gasteiger partial charge in [0.25, 0.3) is 5.91 Å². The van der Waals surface area contributed by atoms with Gasteiger partial charge in [0.05, 0.1) is 28.1 Å². The molecule has 0 aromatic heterocycles. The van der Waals surface area contributed by atoms with Gasteiger partial charge in [-0.15, -0.1) is 0 Å². The van der Waals surface area contributed by atoms with E-state index < -0.39 is 15.9 Å². The van der Waals surface area contributed by atoms with Gasteiger partial charge in [-0.2, -0.15) is 4.31 Å². The van der Waals surface area contributed by atoms with E-state index in [1.54, 1.807) is 0 Å². The Morgan fingerprint density at radius 3 is 2.64 bits per heavy atom. The lowest BCUT2D eigenvalue weighted by molar-refractivity contribution is 0.0924. The Labute approximate surface area is 198 Å². The van der Waals surface area contributed by atoms with E-state index in [0.717, 1.165) is 22.4 Å². The largest absolute Gasteiger partial charge is 0.493 e. The molecule has 0 saturated heterocycles. The van der Waals surface area contributed by atoms with E-state index in [0.29, 0.717) is 32.5 Å². The third-order valence-corrected chi connectivity index (χ3v) is 8.35. The van der Waals surface area contributed by atoms with Gasteiger partial charge < -0.3 is 10.1 Å². The van der Waals surface area contributed by atoms with Crippen LogP contribution < -0.4 is 10.1 Å². The zero-order valence-corrected chi connectivity index (χ0v) is 19.4. The number of hydrogen-bond acceptors (Lipinski definition) is 4. The monoisotopic (exact) mass is 482 g/mol. The molecular weight excluding hydrogens is 460 g/mol. The number of rotatable bonds is 4. The summed E-state index contributed by atoms with van der Waals surface area (Å²) in [7, 11) is -3.78. The summed E-state index contributed by atoms with van der Waals surface area (Å²) in [4.78, 5) is 13.2. The van der Waals surface area contributed by atoms with Crippen molar-refractivity contribution in [2.75, 3.05) is 13.2 Å². The van der Waals surface area contributed by atoms with Crippen LogP contribution in [0, 0.1) is 0 Å². The molecule has 0 fully saturated rings. The molecule has 6 nitrogen and oxygen atoms in total. The average molecular weight is 483 g/mol. The summed E-state index contributed by atoms with van der Waals surface area (Å²) in [5.74, 6) is 0.324. The van der Waals surface area contributed by atoms with Gasteiger partial charge in [0.2, 0.25) is 10.0 Å². The highest BCUT2D eigenvalue weighted by Gasteiger charge is 2.30. The molecule has 5 rings (SSSR count). The Morgan fingerprint density at radius 1 is 1.03 bits per heavy atom. The Balaban J connectivity index is 1.40. The first-order valence-corrected chi connectivity index (χ1v) is 12.6. The van der Waals surface area contributed by atoms with Crippen molar-refractivity contribution < 1.29 is 17.9 Å². The highest BCUT2D eigenvalue weighted by molar-refractivity contribution is 7.89. The summed E-state index contributed by atoms with van der Waals surface area (Å²) in [5.41, 5.74) is 3.19. The molecule has 2 aliphatic heterocycles. The molecular formula is C25H23ClN2O4S. The van der Waals surface area contributed by atoms with E-state index >= 15 is 0 Å². The van der Waals surface area contributed by atoms with Gasteiger partial charge in [-0.25, -0.2) is 8.42 Å². The number of fused-ring (bicyclic) bond motifs is 2. The molecule has 3 aromatic carbocycles. The molecule has 0 bridgehead atoms. The van der Waals surface area contributed by atoms with Crippen molar-refractivity contribution in [2.45, 2.75) is 30.3 Å². The van der Waals surface area contributed by atoms with Crippen LogP contribution in [0.25, 0.3) is 0 Å². The maximum atomic E-state index is 13.4. The smallest absolute Gasteiger partial charge is 0.253 e. The summed E-state index contributed by atoms with van der Waals surface area (Å²) < 4.78 is 33.9. The second-order valence-corrected chi connectivity index (χ2v) is 10.5. The predicted molar refractivity (Wildman–Crippen MR) is 126 cm³/mol. The lowest BCUT2D eigenvalue weighted by Crippen LogP contribution is -2.36. The van der Waals surface area contributed by atoms with Gasteiger partial charge in [-0.05, 0) is 41.8 Å². The number of carbonyl (C=O) groups is 1. The Bertz CT molecular complexity index is 1330. The first-order chi connectivity index (χ1) is 15.9. The quantitative estimate of drug-likeness (QED) is 0.600. The van der Waals surface area contributed by atoms with Crippen molar-refractivity contribution in [3.05, 3.63) is 94.0 Å². The van der Waals surface area contributed by atoms with Crippen LogP contribution in [0.1, 0.15) is 39.5 Å². The number of nitrogens with zero attached hydrogens (tertiary/aromatic N) is 1. The number of amides is 1. The second-order valence-electron chi connectivity index (χ2n) is 8.20. The van der Waals surface area contributed by atoms with Gasteiger partial charge in [0.15, 0.2) is 0 Å². The highest BCUT2D eigenvalue weighted by atomic mass is 35.5. The van der Waals surface area contributed by atoms with E-state index in [4.69, 9.17) is 16.3 Å². The van der Waals surface area contributed by atoms with Crippen molar-refractivity contribution in [1.29, 1.82) is 0 Å². The number of nitrogens with one attached hydrogen (secondary N) is 1. The van der Waals surface area contributed by atoms with Gasteiger partial charge in [0, 0.05) is 25.1 Å². The number of ether oxygens (including phenoxy) is 1. The zero-order chi connectivity index (χ0) is 23.0. The van der Waals surface area contributed by atoms with E-state index in [1.807, 2.05) is 48.5 Å². The van der Waals surface area contributed by atoms with Crippen molar-refractivity contribution in [1.82, 2.24) is 9.62 Å². The number of sulfonamides is 1. The fourth-order valence-corrected chi connectivity index (χ4v) is 6.04. The van der Waals surface area contributed by atoms with E-state index in [9.17, 15) is 13.2 Å². The first-order valence-electron chi connectivity index (χ1n) is 10.8. The van der Waals surface area contributed by atoms with Crippen LogP contribution in [-0.2, 0) is 23.0 Å². The standard InChI is InChI=1S/C25H23ClN2O4S/c26-22-10-9-19(33(30,31)28-13-11-17-5-1-2-6-18(17)16-28)15-21(22)25(29)27-23-12-14-32-24-8-4-3-7-20(23)24/h1-10,15,23H,11-14,16H2,(H,27,29). The molecule has 3 aromatic rings. The number of halogens is 1. The van der Waals surface area contributed by atoms with Crippen LogP contribution in [0.3, 0.4) is 0 Å². The van der Waals surface area contributed by atoms with Crippen LogP contribution in [0.5, 0.6) is 5.75 Å². The summed E-state index contributed by atoms with van der Waals surface area (Å²) >= 11 is 6.32. The fourth-order valence-electron chi connectivity index (χ4n) is 4.39.